The zero-order chi connectivity index (χ0) is 25.3. The van der Waals surface area contributed by atoms with E-state index in [2.05, 4.69) is 36.6 Å². The van der Waals surface area contributed by atoms with Crippen LogP contribution in [0.15, 0.2) is 72.1 Å². The molecule has 3 rings (SSSR count). The lowest BCUT2D eigenvalue weighted by Gasteiger charge is -2.24. The largest absolute Gasteiger partial charge is 0.416 e. The summed E-state index contributed by atoms with van der Waals surface area (Å²) in [6, 6.07) is 13.8. The molecule has 1 atom stereocenters. The molecule has 0 heterocycles. The smallest absolute Gasteiger partial charge is 0.402 e. The Morgan fingerprint density at radius 2 is 1.74 bits per heavy atom. The van der Waals surface area contributed by atoms with Crippen molar-refractivity contribution in [2.45, 2.75) is 71.0 Å². The molecule has 4 N–H and O–H groups in total. The van der Waals surface area contributed by atoms with Crippen molar-refractivity contribution in [2.24, 2.45) is 11.7 Å². The second-order valence-electron chi connectivity index (χ2n) is 9.38. The fraction of sp³-hybridized carbons (Fsp3) is 0.448. The van der Waals surface area contributed by atoms with Crippen LogP contribution in [0.4, 0.5) is 18.9 Å². The predicted octanol–water partition coefficient (Wildman–Crippen LogP) is 7.73. The maximum Gasteiger partial charge on any atom is 0.416 e. The first-order valence-corrected chi connectivity index (χ1v) is 12.7. The van der Waals surface area contributed by atoms with Crippen LogP contribution in [0.25, 0.3) is 0 Å². The summed E-state index contributed by atoms with van der Waals surface area (Å²) in [5.74, 6) is 0.324. The SMILES string of the molecule is CCCNc1ccccc1C(C)NC(/C=C(\N)C1CCCCC1)=C/Cc1ccccc1C(F)(F)F. The lowest BCUT2D eigenvalue weighted by molar-refractivity contribution is -0.138. The molecular weight excluding hydrogens is 447 g/mol. The number of nitrogens with two attached hydrogens (primary N) is 1. The minimum Gasteiger partial charge on any atom is -0.402 e. The summed E-state index contributed by atoms with van der Waals surface area (Å²) in [5.41, 5.74) is 9.89. The molecule has 2 aromatic rings. The van der Waals surface area contributed by atoms with Crippen LogP contribution in [0.2, 0.25) is 0 Å². The maximum atomic E-state index is 13.5. The monoisotopic (exact) mass is 485 g/mol. The van der Waals surface area contributed by atoms with Crippen molar-refractivity contribution >= 4 is 5.69 Å². The lowest BCUT2D eigenvalue weighted by Crippen LogP contribution is -2.22. The molecule has 1 aliphatic carbocycles. The third-order valence-electron chi connectivity index (χ3n) is 6.64. The fourth-order valence-corrected chi connectivity index (χ4v) is 4.71. The number of para-hydroxylation sites is 1. The Morgan fingerprint density at radius 1 is 1.06 bits per heavy atom. The number of alkyl halides is 3. The normalized spacial score (nSPS) is 16.7. The Morgan fingerprint density at radius 3 is 2.46 bits per heavy atom. The van der Waals surface area contributed by atoms with Gasteiger partial charge in [0.05, 0.1) is 11.6 Å². The van der Waals surface area contributed by atoms with Crippen LogP contribution in [0.3, 0.4) is 0 Å². The van der Waals surface area contributed by atoms with E-state index in [0.29, 0.717) is 5.92 Å². The summed E-state index contributed by atoms with van der Waals surface area (Å²) in [6.45, 7) is 5.06. The highest BCUT2D eigenvalue weighted by Gasteiger charge is 2.32. The molecule has 0 radical (unpaired) electrons. The minimum absolute atomic E-state index is 0.0601. The van der Waals surface area contributed by atoms with Crippen molar-refractivity contribution < 1.29 is 13.2 Å². The lowest BCUT2D eigenvalue weighted by atomic mass is 9.86. The van der Waals surface area contributed by atoms with Crippen molar-refractivity contribution in [3.63, 3.8) is 0 Å². The fourth-order valence-electron chi connectivity index (χ4n) is 4.71. The molecule has 190 valence electrons. The number of hydrogen-bond acceptors (Lipinski definition) is 3. The van der Waals surface area contributed by atoms with Crippen molar-refractivity contribution in [3.05, 3.63) is 88.8 Å². The third-order valence-corrected chi connectivity index (χ3v) is 6.64. The third kappa shape index (κ3) is 7.81. The van der Waals surface area contributed by atoms with Crippen molar-refractivity contribution in [2.75, 3.05) is 11.9 Å². The van der Waals surface area contributed by atoms with Crippen LogP contribution in [0.5, 0.6) is 0 Å². The molecule has 0 aliphatic heterocycles. The Balaban J connectivity index is 1.89. The molecule has 2 aromatic carbocycles. The van der Waals surface area contributed by atoms with E-state index in [1.165, 1.54) is 12.5 Å². The molecule has 3 nitrogen and oxygen atoms in total. The van der Waals surface area contributed by atoms with Gasteiger partial charge < -0.3 is 16.4 Å². The second kappa shape index (κ2) is 12.7. The topological polar surface area (TPSA) is 50.1 Å². The summed E-state index contributed by atoms with van der Waals surface area (Å²) in [6.07, 6.45) is 6.25. The van der Waals surface area contributed by atoms with Gasteiger partial charge in [-0.1, -0.05) is 68.7 Å². The Hall–Kier alpha value is -2.89. The zero-order valence-corrected chi connectivity index (χ0v) is 20.8. The van der Waals surface area contributed by atoms with E-state index in [9.17, 15) is 13.2 Å². The van der Waals surface area contributed by atoms with E-state index in [-0.39, 0.29) is 18.0 Å². The Kier molecular flexibility index (Phi) is 9.70. The molecule has 0 saturated heterocycles. The molecule has 35 heavy (non-hydrogen) atoms. The number of halogens is 3. The van der Waals surface area contributed by atoms with Crippen LogP contribution in [0, 0.1) is 5.92 Å². The van der Waals surface area contributed by atoms with Gasteiger partial charge in [-0.2, -0.15) is 13.2 Å². The molecule has 6 heteroatoms. The second-order valence-corrected chi connectivity index (χ2v) is 9.38. The summed E-state index contributed by atoms with van der Waals surface area (Å²) >= 11 is 0. The average Bonchev–Trinajstić information content (AvgIpc) is 2.86. The summed E-state index contributed by atoms with van der Waals surface area (Å²) in [7, 11) is 0. The van der Waals surface area contributed by atoms with Crippen LogP contribution in [-0.2, 0) is 12.6 Å². The van der Waals surface area contributed by atoms with E-state index in [0.717, 1.165) is 67.4 Å². The predicted molar refractivity (Wildman–Crippen MR) is 139 cm³/mol. The quantitative estimate of drug-likeness (QED) is 0.302. The van der Waals surface area contributed by atoms with Gasteiger partial charge in [-0.3, -0.25) is 0 Å². The molecule has 1 aliphatic rings. The van der Waals surface area contributed by atoms with Crippen LogP contribution in [-0.4, -0.2) is 6.54 Å². The molecule has 1 saturated carbocycles. The first-order valence-electron chi connectivity index (χ1n) is 12.7. The summed E-state index contributed by atoms with van der Waals surface area (Å²) in [5, 5.41) is 7.00. The Bertz CT molecular complexity index is 1000. The number of nitrogens with one attached hydrogen (secondary N) is 2. The average molecular weight is 486 g/mol. The highest BCUT2D eigenvalue weighted by atomic mass is 19.4. The highest BCUT2D eigenvalue weighted by Crippen LogP contribution is 2.33. The summed E-state index contributed by atoms with van der Waals surface area (Å²) in [4.78, 5) is 0. The van der Waals surface area contributed by atoms with Gasteiger partial charge in [0.2, 0.25) is 0 Å². The molecule has 0 amide bonds. The maximum absolute atomic E-state index is 13.5. The van der Waals surface area contributed by atoms with E-state index in [4.69, 9.17) is 5.73 Å². The summed E-state index contributed by atoms with van der Waals surface area (Å²) < 4.78 is 40.6. The number of anilines is 1. The highest BCUT2D eigenvalue weighted by molar-refractivity contribution is 5.52. The first-order chi connectivity index (χ1) is 16.8. The number of allylic oxidation sites excluding steroid dienone is 3. The minimum atomic E-state index is -4.38. The van der Waals surface area contributed by atoms with Gasteiger partial charge in [0.1, 0.15) is 0 Å². The van der Waals surface area contributed by atoms with Gasteiger partial charge in [0.25, 0.3) is 0 Å². The van der Waals surface area contributed by atoms with E-state index in [1.54, 1.807) is 12.1 Å². The van der Waals surface area contributed by atoms with Gasteiger partial charge in [0.15, 0.2) is 0 Å². The van der Waals surface area contributed by atoms with Crippen LogP contribution < -0.4 is 16.4 Å². The molecule has 1 unspecified atom stereocenters. The van der Waals surface area contributed by atoms with Crippen LogP contribution >= 0.6 is 0 Å². The standard InChI is InChI=1S/C29H38F3N3/c1-3-19-34-28-16-10-8-14-25(28)21(2)35-24(20-27(33)23-12-5-4-6-13-23)18-17-22-11-7-9-15-26(22)29(30,31)32/h7-11,14-16,18,20-21,23,34-35H,3-6,12-13,17,19,33H2,1-2H3/b24-18+,27-20-. The van der Waals surface area contributed by atoms with Gasteiger partial charge in [0, 0.05) is 23.6 Å². The number of benzene rings is 2. The van der Waals surface area contributed by atoms with Crippen molar-refractivity contribution in [1.82, 2.24) is 5.32 Å². The molecule has 1 fully saturated rings. The van der Waals surface area contributed by atoms with Crippen molar-refractivity contribution in [3.8, 4) is 0 Å². The van der Waals surface area contributed by atoms with E-state index < -0.39 is 11.7 Å². The molecule has 0 bridgehead atoms. The van der Waals surface area contributed by atoms with Gasteiger partial charge in [-0.15, -0.1) is 0 Å². The number of rotatable bonds is 10. The van der Waals surface area contributed by atoms with Gasteiger partial charge in [-0.05, 0) is 67.9 Å². The first kappa shape index (κ1) is 26.7. The molecule has 0 spiro atoms. The number of hydrogen-bond donors (Lipinski definition) is 3. The van der Waals surface area contributed by atoms with Gasteiger partial charge >= 0.3 is 6.18 Å². The molecule has 0 aromatic heterocycles. The van der Waals surface area contributed by atoms with E-state index in [1.807, 2.05) is 24.3 Å². The zero-order valence-electron chi connectivity index (χ0n) is 20.8. The van der Waals surface area contributed by atoms with Crippen LogP contribution in [0.1, 0.15) is 75.1 Å². The van der Waals surface area contributed by atoms with E-state index >= 15 is 0 Å². The van der Waals surface area contributed by atoms with Gasteiger partial charge in [-0.25, -0.2) is 0 Å². The molecular formula is C29H38F3N3. The van der Waals surface area contributed by atoms with Crippen molar-refractivity contribution in [1.29, 1.82) is 0 Å². The Labute approximate surface area is 207 Å².